The molecule has 1 aromatic heterocycles. The van der Waals surface area contributed by atoms with Crippen LogP contribution in [0, 0.1) is 6.92 Å². The van der Waals surface area contributed by atoms with E-state index in [4.69, 9.17) is 11.6 Å². The van der Waals surface area contributed by atoms with Crippen molar-refractivity contribution in [1.82, 2.24) is 9.71 Å². The summed E-state index contributed by atoms with van der Waals surface area (Å²) in [5, 5.41) is 10.3. The minimum atomic E-state index is -3.68. The first-order valence-electron chi connectivity index (χ1n) is 6.63. The van der Waals surface area contributed by atoms with Crippen molar-refractivity contribution in [3.05, 3.63) is 35.0 Å². The molecule has 1 aliphatic rings. The number of nitrogens with one attached hydrogen (secondary N) is 1. The largest absolute Gasteiger partial charge is 0.393 e. The van der Waals surface area contributed by atoms with Gasteiger partial charge in [-0.15, -0.1) is 0 Å². The van der Waals surface area contributed by atoms with E-state index in [1.165, 1.54) is 6.07 Å². The van der Waals surface area contributed by atoms with Gasteiger partial charge in [-0.05, 0) is 37.5 Å². The number of aliphatic hydroxyl groups excluding tert-OH is 1. The molecule has 0 spiro atoms. The third-order valence-electron chi connectivity index (χ3n) is 3.66. The van der Waals surface area contributed by atoms with Gasteiger partial charge in [-0.2, -0.15) is 0 Å². The maximum absolute atomic E-state index is 12.5. The van der Waals surface area contributed by atoms with Gasteiger partial charge in [0.25, 0.3) is 0 Å². The van der Waals surface area contributed by atoms with Crippen LogP contribution in [0.4, 0.5) is 0 Å². The van der Waals surface area contributed by atoms with Crippen molar-refractivity contribution in [3.8, 4) is 0 Å². The van der Waals surface area contributed by atoms with Crippen LogP contribution in [0.2, 0.25) is 5.15 Å². The standard InChI is InChI=1S/C14H15ClN2O3S/c1-8-5-9-3-2-4-12(13(9)16-14(8)15)21(19,20)17-10-6-11(18)7-10/h2-5,10-11,17-18H,6-7H2,1H3. The molecular formula is C14H15ClN2O3S. The van der Waals surface area contributed by atoms with Crippen LogP contribution in [0.15, 0.2) is 29.2 Å². The molecule has 0 unspecified atom stereocenters. The average molecular weight is 327 g/mol. The van der Waals surface area contributed by atoms with E-state index in [1.807, 2.05) is 13.0 Å². The topological polar surface area (TPSA) is 79.3 Å². The quantitative estimate of drug-likeness (QED) is 0.845. The molecule has 112 valence electrons. The number of hydrogen-bond acceptors (Lipinski definition) is 4. The van der Waals surface area contributed by atoms with E-state index in [0.717, 1.165) is 10.9 Å². The SMILES string of the molecule is Cc1cc2cccc(S(=O)(=O)NC3CC(O)C3)c2nc1Cl. The summed E-state index contributed by atoms with van der Waals surface area (Å²) >= 11 is 6.01. The van der Waals surface area contributed by atoms with Crippen molar-refractivity contribution in [2.24, 2.45) is 0 Å². The lowest BCUT2D eigenvalue weighted by molar-refractivity contribution is 0.0712. The maximum atomic E-state index is 12.5. The summed E-state index contributed by atoms with van der Waals surface area (Å²) in [6.07, 6.45) is 0.467. The second-order valence-electron chi connectivity index (χ2n) is 5.37. The summed E-state index contributed by atoms with van der Waals surface area (Å²) in [5.41, 5.74) is 1.16. The molecule has 21 heavy (non-hydrogen) atoms. The molecule has 0 saturated heterocycles. The number of aromatic nitrogens is 1. The smallest absolute Gasteiger partial charge is 0.242 e. The number of pyridine rings is 1. The zero-order valence-corrected chi connectivity index (χ0v) is 12.9. The molecule has 0 aliphatic heterocycles. The summed E-state index contributed by atoms with van der Waals surface area (Å²) in [5.74, 6) is 0. The number of sulfonamides is 1. The second-order valence-corrected chi connectivity index (χ2v) is 7.41. The minimum Gasteiger partial charge on any atom is -0.393 e. The average Bonchev–Trinajstić information content (AvgIpc) is 2.37. The third kappa shape index (κ3) is 2.76. The summed E-state index contributed by atoms with van der Waals surface area (Å²) in [7, 11) is -3.68. The van der Waals surface area contributed by atoms with E-state index in [2.05, 4.69) is 9.71 Å². The van der Waals surface area contributed by atoms with E-state index in [0.29, 0.717) is 23.5 Å². The lowest BCUT2D eigenvalue weighted by Gasteiger charge is -2.31. The molecule has 1 aromatic carbocycles. The highest BCUT2D eigenvalue weighted by Crippen LogP contribution is 2.27. The van der Waals surface area contributed by atoms with Gasteiger partial charge in [0.1, 0.15) is 10.0 Å². The van der Waals surface area contributed by atoms with Crippen LogP contribution in [0.5, 0.6) is 0 Å². The Kier molecular flexibility index (Phi) is 3.65. The third-order valence-corrected chi connectivity index (χ3v) is 5.60. The van der Waals surface area contributed by atoms with Gasteiger partial charge in [-0.1, -0.05) is 23.7 Å². The number of halogens is 1. The van der Waals surface area contributed by atoms with Gasteiger partial charge in [0.2, 0.25) is 10.0 Å². The van der Waals surface area contributed by atoms with Gasteiger partial charge in [-0.3, -0.25) is 0 Å². The Balaban J connectivity index is 2.05. The van der Waals surface area contributed by atoms with Crippen LogP contribution < -0.4 is 4.72 Å². The minimum absolute atomic E-state index is 0.114. The Hall–Kier alpha value is -1.21. The first kappa shape index (κ1) is 14.7. The number of para-hydroxylation sites is 1. The predicted molar refractivity (Wildman–Crippen MR) is 80.8 cm³/mol. The van der Waals surface area contributed by atoms with Crippen molar-refractivity contribution in [2.45, 2.75) is 36.8 Å². The van der Waals surface area contributed by atoms with Gasteiger partial charge < -0.3 is 5.11 Å². The summed E-state index contributed by atoms with van der Waals surface area (Å²) in [6.45, 7) is 1.82. The Morgan fingerprint density at radius 2 is 2.10 bits per heavy atom. The number of nitrogens with zero attached hydrogens (tertiary/aromatic N) is 1. The van der Waals surface area contributed by atoms with Gasteiger partial charge in [0.15, 0.2) is 0 Å². The van der Waals surface area contributed by atoms with Crippen molar-refractivity contribution in [1.29, 1.82) is 0 Å². The number of hydrogen-bond donors (Lipinski definition) is 2. The fraction of sp³-hybridized carbons (Fsp3) is 0.357. The molecule has 7 heteroatoms. The summed E-state index contributed by atoms with van der Waals surface area (Å²) < 4.78 is 27.5. The zero-order chi connectivity index (χ0) is 15.2. The Morgan fingerprint density at radius 1 is 1.38 bits per heavy atom. The highest BCUT2D eigenvalue weighted by atomic mass is 35.5. The van der Waals surface area contributed by atoms with Crippen LogP contribution in [-0.4, -0.2) is 30.7 Å². The first-order chi connectivity index (χ1) is 9.87. The summed E-state index contributed by atoms with van der Waals surface area (Å²) in [4.78, 5) is 4.32. The zero-order valence-electron chi connectivity index (χ0n) is 11.4. The Labute approximate surface area is 128 Å². The second kappa shape index (κ2) is 5.21. The number of fused-ring (bicyclic) bond motifs is 1. The van der Waals surface area contributed by atoms with Crippen molar-refractivity contribution < 1.29 is 13.5 Å². The maximum Gasteiger partial charge on any atom is 0.242 e. The molecular weight excluding hydrogens is 312 g/mol. The molecule has 0 atom stereocenters. The van der Waals surface area contributed by atoms with E-state index in [9.17, 15) is 13.5 Å². The van der Waals surface area contributed by atoms with E-state index in [1.54, 1.807) is 12.1 Å². The molecule has 0 radical (unpaired) electrons. The number of aliphatic hydroxyl groups is 1. The predicted octanol–water partition coefficient (Wildman–Crippen LogP) is 2.00. The van der Waals surface area contributed by atoms with Crippen molar-refractivity contribution in [2.75, 3.05) is 0 Å². The highest BCUT2D eigenvalue weighted by molar-refractivity contribution is 7.89. The monoisotopic (exact) mass is 326 g/mol. The lowest BCUT2D eigenvalue weighted by Crippen LogP contribution is -2.46. The van der Waals surface area contributed by atoms with Crippen molar-refractivity contribution in [3.63, 3.8) is 0 Å². The van der Waals surface area contributed by atoms with Crippen LogP contribution in [0.25, 0.3) is 10.9 Å². The Bertz CT molecular complexity index is 801. The lowest BCUT2D eigenvalue weighted by atomic mass is 9.91. The van der Waals surface area contributed by atoms with Gasteiger partial charge in [0.05, 0.1) is 11.6 Å². The molecule has 1 aliphatic carbocycles. The molecule has 2 N–H and O–H groups in total. The number of benzene rings is 1. The van der Waals surface area contributed by atoms with Gasteiger partial charge >= 0.3 is 0 Å². The van der Waals surface area contributed by atoms with Crippen LogP contribution >= 0.6 is 11.6 Å². The molecule has 0 amide bonds. The molecule has 5 nitrogen and oxygen atoms in total. The molecule has 2 aromatic rings. The molecule has 1 saturated carbocycles. The Morgan fingerprint density at radius 3 is 2.76 bits per heavy atom. The normalized spacial score (nSPS) is 22.2. The highest BCUT2D eigenvalue weighted by Gasteiger charge is 2.32. The fourth-order valence-corrected chi connectivity index (χ4v) is 4.01. The van der Waals surface area contributed by atoms with Crippen molar-refractivity contribution >= 4 is 32.5 Å². The first-order valence-corrected chi connectivity index (χ1v) is 8.49. The van der Waals surface area contributed by atoms with Gasteiger partial charge in [-0.25, -0.2) is 18.1 Å². The number of rotatable bonds is 3. The van der Waals surface area contributed by atoms with E-state index >= 15 is 0 Å². The van der Waals surface area contributed by atoms with Crippen LogP contribution in [0.3, 0.4) is 0 Å². The molecule has 1 heterocycles. The van der Waals surface area contributed by atoms with E-state index < -0.39 is 16.1 Å². The van der Waals surface area contributed by atoms with Gasteiger partial charge in [0, 0.05) is 11.4 Å². The number of aryl methyl sites for hydroxylation is 1. The fourth-order valence-electron chi connectivity index (χ4n) is 2.44. The molecule has 0 bridgehead atoms. The molecule has 3 rings (SSSR count). The summed E-state index contributed by atoms with van der Waals surface area (Å²) in [6, 6.07) is 6.59. The molecule has 1 fully saturated rings. The van der Waals surface area contributed by atoms with E-state index in [-0.39, 0.29) is 10.9 Å². The van der Waals surface area contributed by atoms with Crippen LogP contribution in [-0.2, 0) is 10.0 Å². The van der Waals surface area contributed by atoms with Crippen LogP contribution in [0.1, 0.15) is 18.4 Å².